The van der Waals surface area contributed by atoms with Crippen molar-refractivity contribution in [2.24, 2.45) is 0 Å². The number of hydrogen-bond donors (Lipinski definition) is 1. The van der Waals surface area contributed by atoms with Gasteiger partial charge in [0, 0.05) is 5.39 Å². The molecule has 0 saturated heterocycles. The number of furan rings is 1. The van der Waals surface area contributed by atoms with Gasteiger partial charge in [-0.25, -0.2) is 4.39 Å². The minimum Gasteiger partial charge on any atom is -0.458 e. The van der Waals surface area contributed by atoms with Gasteiger partial charge in [0.05, 0.1) is 0 Å². The third-order valence-electron chi connectivity index (χ3n) is 3.58. The monoisotopic (exact) mass is 270 g/mol. The predicted molar refractivity (Wildman–Crippen MR) is 76.1 cm³/mol. The Morgan fingerprint density at radius 1 is 1.05 bits per heavy atom. The molecule has 0 aliphatic rings. The van der Waals surface area contributed by atoms with Gasteiger partial charge in [0.25, 0.3) is 0 Å². The average Bonchev–Trinajstić information content (AvgIpc) is 2.81. The van der Waals surface area contributed by atoms with Gasteiger partial charge in [0.2, 0.25) is 0 Å². The maximum atomic E-state index is 13.2. The van der Waals surface area contributed by atoms with Crippen molar-refractivity contribution in [3.05, 3.63) is 70.7 Å². The van der Waals surface area contributed by atoms with Crippen LogP contribution in [0, 0.1) is 19.7 Å². The maximum absolute atomic E-state index is 13.2. The summed E-state index contributed by atoms with van der Waals surface area (Å²) in [5.41, 5.74) is 3.42. The topological polar surface area (TPSA) is 33.4 Å². The van der Waals surface area contributed by atoms with Crippen LogP contribution in [0.1, 0.15) is 28.6 Å². The van der Waals surface area contributed by atoms with E-state index in [1.807, 2.05) is 32.0 Å². The molecule has 2 nitrogen and oxygen atoms in total. The van der Waals surface area contributed by atoms with E-state index in [1.165, 1.54) is 12.1 Å². The summed E-state index contributed by atoms with van der Waals surface area (Å²) in [7, 11) is 0. The Morgan fingerprint density at radius 3 is 2.45 bits per heavy atom. The third-order valence-corrected chi connectivity index (χ3v) is 3.58. The van der Waals surface area contributed by atoms with Gasteiger partial charge in [0.15, 0.2) is 0 Å². The lowest BCUT2D eigenvalue weighted by Gasteiger charge is -2.14. The summed E-state index contributed by atoms with van der Waals surface area (Å²) in [6.07, 6.45) is -0.841. The highest BCUT2D eigenvalue weighted by molar-refractivity contribution is 5.78. The van der Waals surface area contributed by atoms with E-state index in [0.717, 1.165) is 16.7 Å². The zero-order chi connectivity index (χ0) is 14.3. The summed E-state index contributed by atoms with van der Waals surface area (Å²) >= 11 is 0. The second-order valence-corrected chi connectivity index (χ2v) is 5.04. The molecule has 0 saturated carbocycles. The first kappa shape index (κ1) is 12.9. The van der Waals surface area contributed by atoms with Gasteiger partial charge in [-0.1, -0.05) is 18.2 Å². The summed E-state index contributed by atoms with van der Waals surface area (Å²) in [5.74, 6) is 0.120. The molecular formula is C17H15FO2. The summed E-state index contributed by atoms with van der Waals surface area (Å²) < 4.78 is 18.8. The van der Waals surface area contributed by atoms with Crippen LogP contribution in [0.2, 0.25) is 0 Å². The fraction of sp³-hybridized carbons (Fsp3) is 0.176. The summed E-state index contributed by atoms with van der Waals surface area (Å²) in [6.45, 7) is 3.90. The first-order valence-corrected chi connectivity index (χ1v) is 6.49. The van der Waals surface area contributed by atoms with Crippen LogP contribution in [-0.4, -0.2) is 5.11 Å². The van der Waals surface area contributed by atoms with E-state index in [-0.39, 0.29) is 5.82 Å². The molecule has 0 amide bonds. The van der Waals surface area contributed by atoms with Crippen molar-refractivity contribution in [3.8, 4) is 0 Å². The molecule has 1 heterocycles. The zero-order valence-electron chi connectivity index (χ0n) is 11.4. The van der Waals surface area contributed by atoms with Crippen LogP contribution >= 0.6 is 0 Å². The molecule has 102 valence electrons. The van der Waals surface area contributed by atoms with E-state index in [2.05, 4.69) is 0 Å². The molecule has 0 bridgehead atoms. The highest BCUT2D eigenvalue weighted by Crippen LogP contribution is 2.31. The van der Waals surface area contributed by atoms with Crippen LogP contribution in [0.5, 0.6) is 0 Å². The van der Waals surface area contributed by atoms with Gasteiger partial charge in [-0.15, -0.1) is 0 Å². The van der Waals surface area contributed by atoms with Crippen LogP contribution in [-0.2, 0) is 0 Å². The molecule has 0 aliphatic heterocycles. The molecule has 0 fully saturated rings. The van der Waals surface area contributed by atoms with Crippen molar-refractivity contribution in [1.29, 1.82) is 0 Å². The zero-order valence-corrected chi connectivity index (χ0v) is 11.4. The second-order valence-electron chi connectivity index (χ2n) is 5.04. The van der Waals surface area contributed by atoms with E-state index in [4.69, 9.17) is 4.42 Å². The van der Waals surface area contributed by atoms with E-state index in [0.29, 0.717) is 16.7 Å². The molecule has 1 aromatic heterocycles. The van der Waals surface area contributed by atoms with Crippen molar-refractivity contribution in [2.75, 3.05) is 0 Å². The van der Waals surface area contributed by atoms with E-state index >= 15 is 0 Å². The third kappa shape index (κ3) is 2.10. The van der Waals surface area contributed by atoms with E-state index < -0.39 is 6.10 Å². The molecule has 1 atom stereocenters. The number of rotatable bonds is 2. The molecule has 0 spiro atoms. The minimum absolute atomic E-state index is 0.314. The van der Waals surface area contributed by atoms with Gasteiger partial charge in [-0.3, -0.25) is 0 Å². The van der Waals surface area contributed by atoms with Crippen molar-refractivity contribution in [1.82, 2.24) is 0 Å². The Hall–Kier alpha value is -2.13. The van der Waals surface area contributed by atoms with Crippen molar-refractivity contribution in [3.63, 3.8) is 0 Å². The summed E-state index contributed by atoms with van der Waals surface area (Å²) in [5, 5.41) is 11.2. The number of aliphatic hydroxyl groups is 1. The second kappa shape index (κ2) is 4.76. The number of halogens is 1. The van der Waals surface area contributed by atoms with Crippen molar-refractivity contribution in [2.45, 2.75) is 20.0 Å². The standard InChI is InChI=1S/C17H15FO2/c1-10-4-3-5-11(2)16(10)17(19)15-9-12-8-13(18)6-7-14(12)20-15/h3-9,17,19H,1-2H3. The van der Waals surface area contributed by atoms with Gasteiger partial charge < -0.3 is 9.52 Å². The Bertz CT molecular complexity index is 754. The number of fused-ring (bicyclic) bond motifs is 1. The van der Waals surface area contributed by atoms with Crippen molar-refractivity contribution >= 4 is 11.0 Å². The highest BCUT2D eigenvalue weighted by Gasteiger charge is 2.19. The Labute approximate surface area is 116 Å². The Kier molecular flexibility index (Phi) is 3.07. The van der Waals surface area contributed by atoms with Gasteiger partial charge in [0.1, 0.15) is 23.3 Å². The molecule has 3 aromatic rings. The van der Waals surface area contributed by atoms with Crippen LogP contribution in [0.3, 0.4) is 0 Å². The summed E-state index contributed by atoms with van der Waals surface area (Å²) in [4.78, 5) is 0. The Morgan fingerprint density at radius 2 is 1.75 bits per heavy atom. The normalized spacial score (nSPS) is 12.8. The number of aliphatic hydroxyl groups excluding tert-OH is 1. The highest BCUT2D eigenvalue weighted by atomic mass is 19.1. The smallest absolute Gasteiger partial charge is 0.138 e. The molecule has 20 heavy (non-hydrogen) atoms. The SMILES string of the molecule is Cc1cccc(C)c1C(O)c1cc2cc(F)ccc2o1. The molecule has 3 heteroatoms. The minimum atomic E-state index is -0.841. The predicted octanol–water partition coefficient (Wildman–Crippen LogP) is 4.27. The molecular weight excluding hydrogens is 255 g/mol. The summed E-state index contributed by atoms with van der Waals surface area (Å²) in [6, 6.07) is 11.9. The lowest BCUT2D eigenvalue weighted by atomic mass is 9.96. The maximum Gasteiger partial charge on any atom is 0.138 e. The largest absolute Gasteiger partial charge is 0.458 e. The van der Waals surface area contributed by atoms with Crippen molar-refractivity contribution < 1.29 is 13.9 Å². The molecule has 1 N–H and O–H groups in total. The number of aryl methyl sites for hydroxylation is 2. The first-order valence-electron chi connectivity index (χ1n) is 6.49. The molecule has 2 aromatic carbocycles. The van der Waals surface area contributed by atoms with Crippen LogP contribution < -0.4 is 0 Å². The number of benzene rings is 2. The van der Waals surface area contributed by atoms with Crippen LogP contribution in [0.25, 0.3) is 11.0 Å². The Balaban J connectivity index is 2.10. The average molecular weight is 270 g/mol. The van der Waals surface area contributed by atoms with Crippen LogP contribution in [0.4, 0.5) is 4.39 Å². The fourth-order valence-corrected chi connectivity index (χ4v) is 2.57. The lowest BCUT2D eigenvalue weighted by molar-refractivity contribution is 0.191. The quantitative estimate of drug-likeness (QED) is 0.754. The molecule has 0 aliphatic carbocycles. The lowest BCUT2D eigenvalue weighted by Crippen LogP contribution is -2.03. The molecule has 0 radical (unpaired) electrons. The fourth-order valence-electron chi connectivity index (χ4n) is 2.57. The van der Waals surface area contributed by atoms with E-state index in [9.17, 15) is 9.50 Å². The number of hydrogen-bond acceptors (Lipinski definition) is 2. The van der Waals surface area contributed by atoms with Gasteiger partial charge >= 0.3 is 0 Å². The van der Waals surface area contributed by atoms with E-state index in [1.54, 1.807) is 12.1 Å². The van der Waals surface area contributed by atoms with Crippen LogP contribution in [0.15, 0.2) is 46.9 Å². The molecule has 3 rings (SSSR count). The van der Waals surface area contributed by atoms with Gasteiger partial charge in [-0.2, -0.15) is 0 Å². The van der Waals surface area contributed by atoms with Gasteiger partial charge in [-0.05, 0) is 54.8 Å². The first-order chi connectivity index (χ1) is 9.56. The molecule has 1 unspecified atom stereocenters.